The van der Waals surface area contributed by atoms with Crippen LogP contribution in [0.1, 0.15) is 5.56 Å². The molecule has 0 aliphatic heterocycles. The molecule has 0 saturated heterocycles. The molecule has 2 aromatic heterocycles. The molecule has 0 radical (unpaired) electrons. The van der Waals surface area contributed by atoms with Gasteiger partial charge in [0, 0.05) is 16.7 Å². The van der Waals surface area contributed by atoms with Crippen molar-refractivity contribution in [2.24, 2.45) is 0 Å². The maximum atomic E-state index is 11.8. The molecule has 8 nitrogen and oxygen atoms in total. The first kappa shape index (κ1) is 24.7. The minimum absolute atomic E-state index is 0. The standard InChI is InChI=1S/C15H14N3O5PS.2Na/c1-23-10-3-2-4-11(9(10)5-6-24(20,21)22)25-12-7-16-14-13(12)17-8-18-15(14)19;;/h2-8,16H,1H3,(H,17,18,19)(H2,20,21,22);;/q;2*+1/p-2/b6-5+;;. The van der Waals surface area contributed by atoms with E-state index in [1.165, 1.54) is 31.3 Å². The van der Waals surface area contributed by atoms with Gasteiger partial charge in [0.1, 0.15) is 16.8 Å². The second-order valence-corrected chi connectivity index (χ2v) is 7.40. The SMILES string of the molecule is COc1cccc(Sc2c[nH]c3c(=O)[nH]cnc23)c1/C=C/P(=O)([O-])[O-].[Na+].[Na+]. The van der Waals surface area contributed by atoms with Gasteiger partial charge in [0.25, 0.3) is 5.56 Å². The number of aromatic amines is 2. The molecule has 12 heteroatoms. The van der Waals surface area contributed by atoms with Gasteiger partial charge in [-0.25, -0.2) is 4.98 Å². The molecule has 2 heterocycles. The monoisotopic (exact) mass is 423 g/mol. The predicted octanol–water partition coefficient (Wildman–Crippen LogP) is -4.70. The Morgan fingerprint density at radius 3 is 2.63 bits per heavy atom. The minimum atomic E-state index is -4.81. The summed E-state index contributed by atoms with van der Waals surface area (Å²) in [4.78, 5) is 44.4. The van der Waals surface area contributed by atoms with Gasteiger partial charge in [0.15, 0.2) is 0 Å². The first-order chi connectivity index (χ1) is 11.9. The van der Waals surface area contributed by atoms with Crippen LogP contribution in [0.15, 0.2) is 51.1 Å². The van der Waals surface area contributed by atoms with Gasteiger partial charge in [-0.1, -0.05) is 23.6 Å². The number of hydrogen-bond donors (Lipinski definition) is 2. The van der Waals surface area contributed by atoms with Gasteiger partial charge in [-0.15, -0.1) is 0 Å². The van der Waals surface area contributed by atoms with Crippen molar-refractivity contribution in [2.45, 2.75) is 9.79 Å². The van der Waals surface area contributed by atoms with Gasteiger partial charge in [0.05, 0.1) is 18.3 Å². The summed E-state index contributed by atoms with van der Waals surface area (Å²) in [6.45, 7) is 0. The summed E-state index contributed by atoms with van der Waals surface area (Å²) in [6.07, 6.45) is 4.15. The van der Waals surface area contributed by atoms with Crippen LogP contribution in [0.5, 0.6) is 5.75 Å². The van der Waals surface area contributed by atoms with Crippen molar-refractivity contribution in [3.63, 3.8) is 0 Å². The number of rotatable bonds is 5. The Bertz CT molecular complexity index is 1060. The van der Waals surface area contributed by atoms with Crippen molar-refractivity contribution >= 4 is 36.5 Å². The van der Waals surface area contributed by atoms with Crippen LogP contribution in [0.2, 0.25) is 0 Å². The first-order valence-corrected chi connectivity index (χ1v) is 9.42. The summed E-state index contributed by atoms with van der Waals surface area (Å²) in [5.74, 6) is 1.02. The fourth-order valence-corrected chi connectivity index (χ4v) is 3.61. The minimum Gasteiger partial charge on any atom is -0.808 e. The summed E-state index contributed by atoms with van der Waals surface area (Å²) in [5.41, 5.74) is 0.987. The van der Waals surface area contributed by atoms with Crippen molar-refractivity contribution in [2.75, 3.05) is 7.11 Å². The Hall–Kier alpha value is -0.320. The van der Waals surface area contributed by atoms with Crippen LogP contribution < -0.4 is 79.2 Å². The fourth-order valence-electron chi connectivity index (χ4n) is 2.24. The number of nitrogens with zero attached hydrogens (tertiary/aromatic N) is 1. The molecule has 0 saturated carbocycles. The van der Waals surface area contributed by atoms with Crippen LogP contribution in [-0.4, -0.2) is 22.1 Å². The van der Waals surface area contributed by atoms with E-state index in [9.17, 15) is 19.1 Å². The van der Waals surface area contributed by atoms with Gasteiger partial charge in [-0.3, -0.25) is 4.79 Å². The molecule has 3 rings (SSSR count). The van der Waals surface area contributed by atoms with Crippen molar-refractivity contribution in [1.29, 1.82) is 0 Å². The van der Waals surface area contributed by atoms with E-state index in [1.807, 2.05) is 0 Å². The number of benzene rings is 1. The third kappa shape index (κ3) is 6.08. The molecule has 0 fully saturated rings. The van der Waals surface area contributed by atoms with Gasteiger partial charge in [-0.2, -0.15) is 0 Å². The number of nitrogens with one attached hydrogen (secondary N) is 2. The predicted molar refractivity (Wildman–Crippen MR) is 90.5 cm³/mol. The molecule has 0 bridgehead atoms. The van der Waals surface area contributed by atoms with Crippen LogP contribution in [0.4, 0.5) is 0 Å². The summed E-state index contributed by atoms with van der Waals surface area (Å²) in [5, 5.41) is 0. The maximum absolute atomic E-state index is 11.8. The summed E-state index contributed by atoms with van der Waals surface area (Å²) in [6, 6.07) is 5.14. The Morgan fingerprint density at radius 2 is 1.96 bits per heavy atom. The number of aromatic nitrogens is 3. The molecule has 27 heavy (non-hydrogen) atoms. The number of methoxy groups -OCH3 is 1. The van der Waals surface area contributed by atoms with Crippen LogP contribution in [0.25, 0.3) is 17.1 Å². The van der Waals surface area contributed by atoms with E-state index in [-0.39, 0.29) is 64.7 Å². The van der Waals surface area contributed by atoms with Gasteiger partial charge >= 0.3 is 59.1 Å². The zero-order chi connectivity index (χ0) is 18.0. The van der Waals surface area contributed by atoms with Crippen molar-refractivity contribution in [1.82, 2.24) is 15.0 Å². The molecule has 0 unspecified atom stereocenters. The third-order valence-electron chi connectivity index (χ3n) is 3.32. The van der Waals surface area contributed by atoms with E-state index < -0.39 is 7.60 Å². The Kier molecular flexibility index (Phi) is 9.57. The first-order valence-electron chi connectivity index (χ1n) is 6.99. The van der Waals surface area contributed by atoms with Gasteiger partial charge < -0.3 is 29.1 Å². The Morgan fingerprint density at radius 1 is 1.22 bits per heavy atom. The quantitative estimate of drug-likeness (QED) is 0.311. The summed E-state index contributed by atoms with van der Waals surface area (Å²) in [7, 11) is -3.36. The zero-order valence-corrected chi connectivity index (χ0v) is 20.6. The Labute approximate surface area is 203 Å². The van der Waals surface area contributed by atoms with Crippen LogP contribution >= 0.6 is 19.4 Å². The molecular weight excluding hydrogens is 411 g/mol. The van der Waals surface area contributed by atoms with Crippen molar-refractivity contribution < 1.29 is 78.2 Å². The largest absolute Gasteiger partial charge is 1.00 e. The van der Waals surface area contributed by atoms with E-state index in [1.54, 1.807) is 24.4 Å². The van der Waals surface area contributed by atoms with E-state index in [2.05, 4.69) is 15.0 Å². The molecule has 0 aliphatic carbocycles. The number of fused-ring (bicyclic) bond motifs is 1. The molecule has 0 spiro atoms. The van der Waals surface area contributed by atoms with E-state index in [0.717, 1.165) is 0 Å². The molecule has 2 N–H and O–H groups in total. The van der Waals surface area contributed by atoms with Gasteiger partial charge in [-0.05, 0) is 25.8 Å². The molecule has 0 aliphatic rings. The number of H-pyrrole nitrogens is 2. The molecule has 1 aromatic carbocycles. The van der Waals surface area contributed by atoms with Crippen LogP contribution in [-0.2, 0) is 4.57 Å². The molecular formula is C15H12N3Na2O5PS. The summed E-state index contributed by atoms with van der Waals surface area (Å²) >= 11 is 1.27. The van der Waals surface area contributed by atoms with Crippen LogP contribution in [0, 0.1) is 0 Å². The molecule has 0 atom stereocenters. The van der Waals surface area contributed by atoms with E-state index >= 15 is 0 Å². The molecule has 0 amide bonds. The van der Waals surface area contributed by atoms with E-state index in [0.29, 0.717) is 38.0 Å². The third-order valence-corrected chi connectivity index (χ3v) is 4.95. The van der Waals surface area contributed by atoms with Gasteiger partial charge in [0.2, 0.25) is 0 Å². The summed E-state index contributed by atoms with van der Waals surface area (Å²) < 4.78 is 16.2. The number of ether oxygens (including phenoxy) is 1. The molecule has 3 aromatic rings. The van der Waals surface area contributed by atoms with Crippen molar-refractivity contribution in [3.05, 3.63) is 52.5 Å². The van der Waals surface area contributed by atoms with Crippen molar-refractivity contribution in [3.8, 4) is 5.75 Å². The second kappa shape index (κ2) is 10.5. The smallest absolute Gasteiger partial charge is 0.808 e. The Balaban J connectivity index is 0.00000182. The second-order valence-electron chi connectivity index (χ2n) is 4.94. The number of hydrogen-bond acceptors (Lipinski definition) is 7. The zero-order valence-electron chi connectivity index (χ0n) is 14.9. The van der Waals surface area contributed by atoms with E-state index in [4.69, 9.17) is 4.74 Å². The topological polar surface area (TPSA) is 134 Å². The average molecular weight is 423 g/mol. The normalized spacial score (nSPS) is 11.2. The van der Waals surface area contributed by atoms with Crippen LogP contribution in [0.3, 0.4) is 0 Å². The maximum Gasteiger partial charge on any atom is 1.00 e. The fraction of sp³-hybridized carbons (Fsp3) is 0.0667. The average Bonchev–Trinajstić information content (AvgIpc) is 2.97. The molecule has 130 valence electrons.